The molecule has 1 N–H and O–H groups in total. The SMILES string of the molecule is CC[C@H](C(=O)NCC(C)C)N(Cc1ccccc1C)C(=O)CSCc1ccccc1F. The third-order valence-corrected chi connectivity index (χ3v) is 6.08. The number of hydrogen-bond acceptors (Lipinski definition) is 3. The zero-order valence-electron chi connectivity index (χ0n) is 18.9. The van der Waals surface area contributed by atoms with Crippen LogP contribution in [0.15, 0.2) is 48.5 Å². The van der Waals surface area contributed by atoms with Crippen LogP contribution < -0.4 is 5.32 Å². The molecule has 0 aromatic heterocycles. The van der Waals surface area contributed by atoms with Crippen LogP contribution in [-0.4, -0.2) is 35.1 Å². The maximum atomic E-state index is 13.9. The highest BCUT2D eigenvalue weighted by Crippen LogP contribution is 2.20. The summed E-state index contributed by atoms with van der Waals surface area (Å²) in [4.78, 5) is 27.8. The smallest absolute Gasteiger partial charge is 0.242 e. The molecule has 1 atom stereocenters. The molecule has 0 aliphatic rings. The number of thioether (sulfide) groups is 1. The number of amides is 2. The fourth-order valence-electron chi connectivity index (χ4n) is 3.26. The van der Waals surface area contributed by atoms with Gasteiger partial charge in [0.25, 0.3) is 0 Å². The molecule has 0 saturated heterocycles. The van der Waals surface area contributed by atoms with Crippen molar-refractivity contribution in [2.24, 2.45) is 5.92 Å². The number of hydrogen-bond donors (Lipinski definition) is 1. The highest BCUT2D eigenvalue weighted by atomic mass is 32.2. The Morgan fingerprint density at radius 2 is 1.71 bits per heavy atom. The average Bonchev–Trinajstić information content (AvgIpc) is 2.74. The lowest BCUT2D eigenvalue weighted by atomic mass is 10.1. The number of benzene rings is 2. The first-order valence-electron chi connectivity index (χ1n) is 10.8. The molecule has 2 rings (SSSR count). The molecule has 0 fully saturated rings. The van der Waals surface area contributed by atoms with E-state index in [4.69, 9.17) is 0 Å². The molecule has 2 aromatic rings. The summed E-state index contributed by atoms with van der Waals surface area (Å²) < 4.78 is 13.9. The van der Waals surface area contributed by atoms with Crippen molar-refractivity contribution >= 4 is 23.6 Å². The van der Waals surface area contributed by atoms with Gasteiger partial charge in [0.2, 0.25) is 11.8 Å². The van der Waals surface area contributed by atoms with Crippen LogP contribution in [0.25, 0.3) is 0 Å². The molecular formula is C25H33FN2O2S. The topological polar surface area (TPSA) is 49.4 Å². The van der Waals surface area contributed by atoms with E-state index in [1.165, 1.54) is 17.8 Å². The molecule has 0 aliphatic heterocycles. The quantitative estimate of drug-likeness (QED) is 0.534. The van der Waals surface area contributed by atoms with E-state index in [1.807, 2.05) is 52.0 Å². The summed E-state index contributed by atoms with van der Waals surface area (Å²) in [6.45, 7) is 8.95. The lowest BCUT2D eigenvalue weighted by Gasteiger charge is -2.31. The number of halogens is 1. The summed E-state index contributed by atoms with van der Waals surface area (Å²) in [5.41, 5.74) is 2.68. The molecule has 0 spiro atoms. The summed E-state index contributed by atoms with van der Waals surface area (Å²) in [5, 5.41) is 2.97. The minimum Gasteiger partial charge on any atom is -0.354 e. The van der Waals surface area contributed by atoms with Crippen LogP contribution in [0.3, 0.4) is 0 Å². The van der Waals surface area contributed by atoms with Crippen LogP contribution in [-0.2, 0) is 21.9 Å². The third-order valence-electron chi connectivity index (χ3n) is 5.11. The first kappa shape index (κ1) is 24.9. The normalized spacial score (nSPS) is 11.9. The first-order valence-corrected chi connectivity index (χ1v) is 11.9. The van der Waals surface area contributed by atoms with Gasteiger partial charge in [-0.3, -0.25) is 9.59 Å². The number of carbonyl (C=O) groups is 2. The Bertz CT molecular complexity index is 872. The van der Waals surface area contributed by atoms with E-state index in [9.17, 15) is 14.0 Å². The maximum absolute atomic E-state index is 13.9. The van der Waals surface area contributed by atoms with E-state index in [-0.39, 0.29) is 23.4 Å². The van der Waals surface area contributed by atoms with E-state index in [2.05, 4.69) is 5.32 Å². The van der Waals surface area contributed by atoms with E-state index in [0.29, 0.717) is 36.7 Å². The van der Waals surface area contributed by atoms with Crippen molar-refractivity contribution in [2.45, 2.75) is 52.5 Å². The summed E-state index contributed by atoms with van der Waals surface area (Å²) in [6.07, 6.45) is 0.527. The van der Waals surface area contributed by atoms with Crippen molar-refractivity contribution in [2.75, 3.05) is 12.3 Å². The minimum atomic E-state index is -0.542. The van der Waals surface area contributed by atoms with E-state index < -0.39 is 6.04 Å². The van der Waals surface area contributed by atoms with Crippen molar-refractivity contribution in [1.82, 2.24) is 10.2 Å². The molecule has 4 nitrogen and oxygen atoms in total. The van der Waals surface area contributed by atoms with Gasteiger partial charge in [0.05, 0.1) is 5.75 Å². The van der Waals surface area contributed by atoms with Gasteiger partial charge >= 0.3 is 0 Å². The Balaban J connectivity index is 2.14. The average molecular weight is 445 g/mol. The summed E-state index contributed by atoms with van der Waals surface area (Å²) in [7, 11) is 0. The van der Waals surface area contributed by atoms with Gasteiger partial charge in [-0.15, -0.1) is 11.8 Å². The Hall–Kier alpha value is -2.34. The predicted molar refractivity (Wildman–Crippen MR) is 126 cm³/mol. The second-order valence-electron chi connectivity index (χ2n) is 8.10. The number of aryl methyl sites for hydroxylation is 1. The second-order valence-corrected chi connectivity index (χ2v) is 9.08. The fraction of sp³-hybridized carbons (Fsp3) is 0.440. The van der Waals surface area contributed by atoms with E-state index in [0.717, 1.165) is 11.1 Å². The van der Waals surface area contributed by atoms with E-state index in [1.54, 1.807) is 23.1 Å². The van der Waals surface area contributed by atoms with Gasteiger partial charge in [0, 0.05) is 18.8 Å². The van der Waals surface area contributed by atoms with Crippen LogP contribution in [0.4, 0.5) is 4.39 Å². The lowest BCUT2D eigenvalue weighted by molar-refractivity contribution is -0.139. The zero-order valence-corrected chi connectivity index (χ0v) is 19.7. The summed E-state index contributed by atoms with van der Waals surface area (Å²) in [5.74, 6) is 0.423. The first-order chi connectivity index (χ1) is 14.8. The van der Waals surface area contributed by atoms with Crippen molar-refractivity contribution < 1.29 is 14.0 Å². The van der Waals surface area contributed by atoms with Crippen molar-refractivity contribution in [3.63, 3.8) is 0 Å². The molecule has 2 aromatic carbocycles. The molecule has 0 bridgehead atoms. The molecule has 2 amide bonds. The molecule has 31 heavy (non-hydrogen) atoms. The van der Waals surface area contributed by atoms with Crippen LogP contribution in [0.1, 0.15) is 43.9 Å². The number of carbonyl (C=O) groups excluding carboxylic acids is 2. The van der Waals surface area contributed by atoms with Crippen molar-refractivity contribution in [1.29, 1.82) is 0 Å². The third kappa shape index (κ3) is 7.69. The van der Waals surface area contributed by atoms with Crippen molar-refractivity contribution in [3.05, 3.63) is 71.0 Å². The standard InChI is InChI=1S/C25H33FN2O2S/c1-5-23(25(30)27-14-18(2)3)28(15-20-11-7-6-10-19(20)4)24(29)17-31-16-21-12-8-9-13-22(21)26/h6-13,18,23H,5,14-17H2,1-4H3,(H,27,30)/t23-/m1/s1. The Kier molecular flexibility index (Phi) is 10.0. The Morgan fingerprint density at radius 3 is 2.32 bits per heavy atom. The van der Waals surface area contributed by atoms with Gasteiger partial charge < -0.3 is 10.2 Å². The van der Waals surface area contributed by atoms with Crippen LogP contribution in [0.5, 0.6) is 0 Å². The van der Waals surface area contributed by atoms with Gasteiger partial charge in [-0.1, -0.05) is 63.2 Å². The zero-order chi connectivity index (χ0) is 22.8. The predicted octanol–water partition coefficient (Wildman–Crippen LogP) is 4.95. The highest BCUT2D eigenvalue weighted by Gasteiger charge is 2.28. The highest BCUT2D eigenvalue weighted by molar-refractivity contribution is 7.99. The van der Waals surface area contributed by atoms with Crippen LogP contribution in [0, 0.1) is 18.7 Å². The summed E-state index contributed by atoms with van der Waals surface area (Å²) in [6, 6.07) is 13.9. The van der Waals surface area contributed by atoms with Gasteiger partial charge in [-0.2, -0.15) is 0 Å². The maximum Gasteiger partial charge on any atom is 0.242 e. The molecule has 6 heteroatoms. The molecule has 0 aliphatic carbocycles. The molecule has 168 valence electrons. The monoisotopic (exact) mass is 444 g/mol. The number of nitrogens with zero attached hydrogens (tertiary/aromatic N) is 1. The van der Waals surface area contributed by atoms with Gasteiger partial charge in [-0.25, -0.2) is 4.39 Å². The van der Waals surface area contributed by atoms with E-state index >= 15 is 0 Å². The van der Waals surface area contributed by atoms with Gasteiger partial charge in [0.15, 0.2) is 0 Å². The molecule has 0 heterocycles. The number of rotatable bonds is 11. The van der Waals surface area contributed by atoms with Crippen LogP contribution >= 0.6 is 11.8 Å². The van der Waals surface area contributed by atoms with Gasteiger partial charge in [0.1, 0.15) is 11.9 Å². The van der Waals surface area contributed by atoms with Crippen molar-refractivity contribution in [3.8, 4) is 0 Å². The molecular weight excluding hydrogens is 411 g/mol. The van der Waals surface area contributed by atoms with Crippen LogP contribution in [0.2, 0.25) is 0 Å². The Labute approximate surface area is 189 Å². The molecule has 0 saturated carbocycles. The largest absolute Gasteiger partial charge is 0.354 e. The Morgan fingerprint density at radius 1 is 1.06 bits per heavy atom. The fourth-order valence-corrected chi connectivity index (χ4v) is 4.16. The second kappa shape index (κ2) is 12.5. The number of nitrogens with one attached hydrogen (secondary N) is 1. The lowest BCUT2D eigenvalue weighted by Crippen LogP contribution is -2.50. The van der Waals surface area contributed by atoms with Gasteiger partial charge in [-0.05, 0) is 42.0 Å². The summed E-state index contributed by atoms with van der Waals surface area (Å²) >= 11 is 1.37. The minimum absolute atomic E-state index is 0.115. The molecule has 0 unspecified atom stereocenters. The molecule has 0 radical (unpaired) electrons.